The van der Waals surface area contributed by atoms with E-state index in [2.05, 4.69) is 42.5 Å². The first-order valence-electron chi connectivity index (χ1n) is 6.00. The second-order valence-electron chi connectivity index (χ2n) is 4.36. The van der Waals surface area contributed by atoms with Crippen LogP contribution in [0.1, 0.15) is 10.4 Å². The summed E-state index contributed by atoms with van der Waals surface area (Å²) in [7, 11) is -1.11. The van der Waals surface area contributed by atoms with Crippen molar-refractivity contribution >= 4 is 32.3 Å². The molecule has 2 aromatic rings. The molecule has 0 radical (unpaired) electrons. The summed E-state index contributed by atoms with van der Waals surface area (Å²) >= 11 is 1.68. The number of rotatable bonds is 4. The van der Waals surface area contributed by atoms with Crippen molar-refractivity contribution in [3.8, 4) is 5.75 Å². The van der Waals surface area contributed by atoms with E-state index in [1.807, 2.05) is 24.4 Å². The highest BCUT2D eigenvalue weighted by Crippen LogP contribution is 2.31. The molecule has 0 N–H and O–H groups in total. The van der Waals surface area contributed by atoms with Crippen LogP contribution in [0.5, 0.6) is 5.75 Å². The molecule has 1 heterocycles. The minimum absolute atomic E-state index is 0.921. The maximum absolute atomic E-state index is 5.97. The zero-order valence-corrected chi connectivity index (χ0v) is 12.9. The number of hydrogen-bond donors (Lipinski definition) is 0. The summed E-state index contributed by atoms with van der Waals surface area (Å²) in [6.07, 6.45) is 1.90. The third kappa shape index (κ3) is 3.30. The van der Waals surface area contributed by atoms with Gasteiger partial charge in [0.15, 0.2) is 0 Å². The Hall–Kier alpha value is -1.39. The van der Waals surface area contributed by atoms with E-state index in [-0.39, 0.29) is 0 Å². The van der Waals surface area contributed by atoms with E-state index in [1.54, 1.807) is 11.3 Å². The average molecular weight is 275 g/mol. The molecule has 18 heavy (non-hydrogen) atoms. The molecule has 0 fully saturated rings. The SMILES string of the molecule is Cc1cccc(N=Cc2cccs2)c1O[SiH](C)C. The second-order valence-corrected chi connectivity index (χ2v) is 7.68. The predicted octanol–water partition coefficient (Wildman–Crippen LogP) is 4.17. The maximum Gasteiger partial charge on any atom is 0.229 e. The van der Waals surface area contributed by atoms with E-state index in [0.29, 0.717) is 0 Å². The third-order valence-electron chi connectivity index (χ3n) is 2.42. The number of hydrogen-bond acceptors (Lipinski definition) is 3. The van der Waals surface area contributed by atoms with Crippen LogP contribution in [-0.2, 0) is 0 Å². The van der Waals surface area contributed by atoms with Crippen molar-refractivity contribution in [1.82, 2.24) is 0 Å². The average Bonchev–Trinajstić information content (AvgIpc) is 2.82. The lowest BCUT2D eigenvalue weighted by Gasteiger charge is -2.14. The minimum Gasteiger partial charge on any atom is -0.545 e. The topological polar surface area (TPSA) is 21.6 Å². The Labute approximate surface area is 114 Å². The van der Waals surface area contributed by atoms with E-state index in [4.69, 9.17) is 4.43 Å². The zero-order chi connectivity index (χ0) is 13.0. The standard InChI is InChI=1S/C14H17NOSSi/c1-11-6-4-8-13(14(11)16-18(2)3)15-10-12-7-5-9-17-12/h4-10,18H,1-3H3. The van der Waals surface area contributed by atoms with Crippen molar-refractivity contribution in [2.45, 2.75) is 20.0 Å². The van der Waals surface area contributed by atoms with Crippen molar-refractivity contribution in [2.75, 3.05) is 0 Å². The Morgan fingerprint density at radius 1 is 1.22 bits per heavy atom. The highest BCUT2D eigenvalue weighted by molar-refractivity contribution is 7.11. The van der Waals surface area contributed by atoms with Gasteiger partial charge < -0.3 is 4.43 Å². The molecule has 0 spiro atoms. The molecule has 0 unspecified atom stereocenters. The van der Waals surface area contributed by atoms with Crippen LogP contribution < -0.4 is 4.43 Å². The molecule has 0 aliphatic rings. The first-order chi connectivity index (χ1) is 8.66. The number of para-hydroxylation sites is 1. The molecular weight excluding hydrogens is 258 g/mol. The molecule has 2 rings (SSSR count). The first-order valence-corrected chi connectivity index (χ1v) is 9.66. The van der Waals surface area contributed by atoms with Gasteiger partial charge in [-0.2, -0.15) is 0 Å². The fourth-order valence-corrected chi connectivity index (χ4v) is 2.99. The lowest BCUT2D eigenvalue weighted by atomic mass is 10.2. The van der Waals surface area contributed by atoms with Gasteiger partial charge in [0.05, 0.1) is 0 Å². The molecule has 94 valence electrons. The molecular formula is C14H17NOSSi. The third-order valence-corrected chi connectivity index (χ3v) is 3.93. The molecule has 0 aliphatic carbocycles. The van der Waals surface area contributed by atoms with Crippen molar-refractivity contribution in [3.05, 3.63) is 46.2 Å². The molecule has 2 nitrogen and oxygen atoms in total. The van der Waals surface area contributed by atoms with E-state index >= 15 is 0 Å². The molecule has 0 atom stereocenters. The summed E-state index contributed by atoms with van der Waals surface area (Å²) in [5.41, 5.74) is 2.07. The van der Waals surface area contributed by atoms with Gasteiger partial charge in [0.2, 0.25) is 9.04 Å². The molecule has 1 aromatic heterocycles. The monoisotopic (exact) mass is 275 g/mol. The largest absolute Gasteiger partial charge is 0.545 e. The summed E-state index contributed by atoms with van der Waals surface area (Å²) in [4.78, 5) is 5.70. The van der Waals surface area contributed by atoms with Gasteiger partial charge >= 0.3 is 0 Å². The van der Waals surface area contributed by atoms with Gasteiger partial charge in [-0.3, -0.25) is 4.99 Å². The molecule has 4 heteroatoms. The summed E-state index contributed by atoms with van der Waals surface area (Å²) in [5, 5.41) is 2.05. The van der Waals surface area contributed by atoms with Crippen LogP contribution in [-0.4, -0.2) is 15.3 Å². The molecule has 0 saturated carbocycles. The number of benzene rings is 1. The van der Waals surface area contributed by atoms with Crippen LogP contribution >= 0.6 is 11.3 Å². The number of thiophene rings is 1. The van der Waals surface area contributed by atoms with Crippen molar-refractivity contribution in [1.29, 1.82) is 0 Å². The first kappa shape index (κ1) is 13.0. The van der Waals surface area contributed by atoms with Crippen molar-refractivity contribution in [3.63, 3.8) is 0 Å². The lowest BCUT2D eigenvalue weighted by Crippen LogP contribution is -2.12. The fraction of sp³-hybridized carbons (Fsp3) is 0.214. The quantitative estimate of drug-likeness (QED) is 0.606. The van der Waals surface area contributed by atoms with Gasteiger partial charge in [-0.25, -0.2) is 0 Å². The maximum atomic E-state index is 5.97. The van der Waals surface area contributed by atoms with E-state index < -0.39 is 9.04 Å². The highest BCUT2D eigenvalue weighted by atomic mass is 32.1. The van der Waals surface area contributed by atoms with Crippen LogP contribution in [0.3, 0.4) is 0 Å². The summed E-state index contributed by atoms with van der Waals surface area (Å²) in [6.45, 7) is 6.40. The predicted molar refractivity (Wildman–Crippen MR) is 82.3 cm³/mol. The Morgan fingerprint density at radius 2 is 2.06 bits per heavy atom. The van der Waals surface area contributed by atoms with Gasteiger partial charge in [0.25, 0.3) is 0 Å². The van der Waals surface area contributed by atoms with Crippen LogP contribution in [0.2, 0.25) is 13.1 Å². The Kier molecular flexibility index (Phi) is 4.33. The van der Waals surface area contributed by atoms with Crippen molar-refractivity contribution in [2.24, 2.45) is 4.99 Å². The molecule has 0 aliphatic heterocycles. The Balaban J connectivity index is 2.29. The Morgan fingerprint density at radius 3 is 2.72 bits per heavy atom. The highest BCUT2D eigenvalue weighted by Gasteiger charge is 2.07. The van der Waals surface area contributed by atoms with Crippen LogP contribution in [0.15, 0.2) is 40.7 Å². The Bertz CT molecular complexity index is 535. The summed E-state index contributed by atoms with van der Waals surface area (Å²) in [5.74, 6) is 0.937. The summed E-state index contributed by atoms with van der Waals surface area (Å²) in [6, 6.07) is 10.2. The van der Waals surface area contributed by atoms with Gasteiger partial charge in [-0.1, -0.05) is 18.2 Å². The lowest BCUT2D eigenvalue weighted by molar-refractivity contribution is 0.577. The van der Waals surface area contributed by atoms with Crippen LogP contribution in [0.4, 0.5) is 5.69 Å². The van der Waals surface area contributed by atoms with Gasteiger partial charge in [0.1, 0.15) is 11.4 Å². The molecule has 0 saturated heterocycles. The molecule has 1 aromatic carbocycles. The van der Waals surface area contributed by atoms with Gasteiger partial charge in [-0.15, -0.1) is 11.3 Å². The van der Waals surface area contributed by atoms with Crippen LogP contribution in [0, 0.1) is 6.92 Å². The van der Waals surface area contributed by atoms with E-state index in [1.165, 1.54) is 0 Å². The van der Waals surface area contributed by atoms with E-state index in [9.17, 15) is 0 Å². The summed E-state index contributed by atoms with van der Waals surface area (Å²) < 4.78 is 5.97. The minimum atomic E-state index is -1.11. The zero-order valence-electron chi connectivity index (χ0n) is 10.9. The number of aliphatic imine (C=N–C) groups is 1. The van der Waals surface area contributed by atoms with Crippen molar-refractivity contribution < 1.29 is 4.43 Å². The second kappa shape index (κ2) is 5.98. The normalized spacial score (nSPS) is 11.3. The molecule has 0 bridgehead atoms. The fourth-order valence-electron chi connectivity index (χ4n) is 1.63. The van der Waals surface area contributed by atoms with Crippen LogP contribution in [0.25, 0.3) is 0 Å². The smallest absolute Gasteiger partial charge is 0.229 e. The number of aryl methyl sites for hydroxylation is 1. The number of nitrogens with zero attached hydrogens (tertiary/aromatic N) is 1. The van der Waals surface area contributed by atoms with E-state index in [0.717, 1.165) is 21.9 Å². The van der Waals surface area contributed by atoms with Gasteiger partial charge in [0, 0.05) is 11.1 Å². The van der Waals surface area contributed by atoms with Gasteiger partial charge in [-0.05, 0) is 43.1 Å². The molecule has 0 amide bonds.